The summed E-state index contributed by atoms with van der Waals surface area (Å²) in [6.07, 6.45) is 3.40. The van der Waals surface area contributed by atoms with E-state index in [-0.39, 0.29) is 11.7 Å². The molecule has 0 saturated heterocycles. The average Bonchev–Trinajstić information content (AvgIpc) is 1.99. The van der Waals surface area contributed by atoms with Crippen molar-refractivity contribution in [2.75, 3.05) is 0 Å². The molecule has 1 N–H and O–H groups in total. The lowest BCUT2D eigenvalue weighted by atomic mass is 9.83. The molecule has 0 aliphatic rings. The highest BCUT2D eigenvalue weighted by Gasteiger charge is 2.33. The summed E-state index contributed by atoms with van der Waals surface area (Å²) >= 11 is 0. The number of carbonyl (C=O) groups excluding carboxylic acids is 1. The first kappa shape index (κ1) is 11.4. The van der Waals surface area contributed by atoms with E-state index in [1.807, 2.05) is 6.92 Å². The number of Topliss-reactive ketones (excluding diaryl/α,β-unsaturated/α-hetero) is 1. The maximum Gasteiger partial charge on any atom is 0.161 e. The summed E-state index contributed by atoms with van der Waals surface area (Å²) < 4.78 is 0. The molecule has 2 heteroatoms. The van der Waals surface area contributed by atoms with Gasteiger partial charge in [0.1, 0.15) is 5.60 Å². The normalized spacial score (nSPS) is 18.0. The van der Waals surface area contributed by atoms with Crippen LogP contribution in [0, 0.1) is 5.92 Å². The summed E-state index contributed by atoms with van der Waals surface area (Å²) in [6.45, 7) is 8.60. The standard InChI is InChI=1S/C10H18O2/c1-5-7-9(6-2)10(4,12)8(3)11/h6,9,12H,2,5,7H2,1,3-4H3. The minimum atomic E-state index is -1.24. The molecule has 0 aromatic heterocycles. The van der Waals surface area contributed by atoms with Gasteiger partial charge in [0.25, 0.3) is 0 Å². The maximum absolute atomic E-state index is 11.0. The molecule has 0 fully saturated rings. The van der Waals surface area contributed by atoms with Gasteiger partial charge in [-0.3, -0.25) is 4.79 Å². The lowest BCUT2D eigenvalue weighted by Gasteiger charge is -2.27. The number of hydrogen-bond donors (Lipinski definition) is 1. The number of ketones is 1. The van der Waals surface area contributed by atoms with Crippen LogP contribution in [0.15, 0.2) is 12.7 Å². The first-order valence-corrected chi connectivity index (χ1v) is 4.32. The predicted molar refractivity (Wildman–Crippen MR) is 49.9 cm³/mol. The number of hydrogen-bond acceptors (Lipinski definition) is 2. The zero-order valence-electron chi connectivity index (χ0n) is 8.13. The Morgan fingerprint density at radius 2 is 2.25 bits per heavy atom. The van der Waals surface area contributed by atoms with Crippen LogP contribution in [0.25, 0.3) is 0 Å². The highest BCUT2D eigenvalue weighted by molar-refractivity contribution is 5.84. The third-order valence-corrected chi connectivity index (χ3v) is 2.32. The van der Waals surface area contributed by atoms with Crippen LogP contribution in [0.2, 0.25) is 0 Å². The van der Waals surface area contributed by atoms with Crippen LogP contribution in [0.4, 0.5) is 0 Å². The van der Waals surface area contributed by atoms with Crippen LogP contribution < -0.4 is 0 Å². The zero-order valence-corrected chi connectivity index (χ0v) is 8.13. The van der Waals surface area contributed by atoms with Crippen molar-refractivity contribution in [2.24, 2.45) is 5.92 Å². The van der Waals surface area contributed by atoms with Crippen molar-refractivity contribution < 1.29 is 9.90 Å². The first-order chi connectivity index (χ1) is 5.46. The van der Waals surface area contributed by atoms with Crippen LogP contribution in [-0.2, 0) is 4.79 Å². The van der Waals surface area contributed by atoms with Crippen molar-refractivity contribution in [3.63, 3.8) is 0 Å². The zero-order chi connectivity index (χ0) is 9.78. The molecule has 0 aliphatic heterocycles. The molecular formula is C10H18O2. The van der Waals surface area contributed by atoms with Gasteiger partial charge in [-0.15, -0.1) is 6.58 Å². The van der Waals surface area contributed by atoms with Crippen molar-refractivity contribution in [3.8, 4) is 0 Å². The Morgan fingerprint density at radius 1 is 1.75 bits per heavy atom. The van der Waals surface area contributed by atoms with E-state index in [0.29, 0.717) is 0 Å². The summed E-state index contributed by atoms with van der Waals surface area (Å²) in [4.78, 5) is 11.0. The molecule has 0 saturated carbocycles. The van der Waals surface area contributed by atoms with Gasteiger partial charge in [-0.1, -0.05) is 19.4 Å². The highest BCUT2D eigenvalue weighted by atomic mass is 16.3. The Hall–Kier alpha value is -0.630. The smallest absolute Gasteiger partial charge is 0.161 e. The van der Waals surface area contributed by atoms with Crippen molar-refractivity contribution in [1.82, 2.24) is 0 Å². The quantitative estimate of drug-likeness (QED) is 0.640. The van der Waals surface area contributed by atoms with Crippen LogP contribution in [-0.4, -0.2) is 16.5 Å². The van der Waals surface area contributed by atoms with Crippen LogP contribution in [0.1, 0.15) is 33.6 Å². The van der Waals surface area contributed by atoms with Crippen LogP contribution >= 0.6 is 0 Å². The second kappa shape index (κ2) is 4.41. The molecule has 2 unspecified atom stereocenters. The van der Waals surface area contributed by atoms with E-state index < -0.39 is 5.60 Å². The molecule has 0 spiro atoms. The van der Waals surface area contributed by atoms with Crippen molar-refractivity contribution in [2.45, 2.75) is 39.2 Å². The molecule has 70 valence electrons. The van der Waals surface area contributed by atoms with Gasteiger partial charge in [0.2, 0.25) is 0 Å². The van der Waals surface area contributed by atoms with Gasteiger partial charge in [0.05, 0.1) is 0 Å². The minimum absolute atomic E-state index is 0.125. The van der Waals surface area contributed by atoms with E-state index in [4.69, 9.17) is 0 Å². The molecule has 2 nitrogen and oxygen atoms in total. The van der Waals surface area contributed by atoms with E-state index in [1.165, 1.54) is 6.92 Å². The molecule has 0 aromatic rings. The summed E-state index contributed by atoms with van der Waals surface area (Å²) in [7, 11) is 0. The van der Waals surface area contributed by atoms with Gasteiger partial charge in [-0.25, -0.2) is 0 Å². The molecule has 0 rings (SSSR count). The third kappa shape index (κ3) is 2.45. The number of rotatable bonds is 5. The molecule has 12 heavy (non-hydrogen) atoms. The summed E-state index contributed by atoms with van der Waals surface area (Å²) in [5.41, 5.74) is -1.24. The largest absolute Gasteiger partial charge is 0.382 e. The molecule has 0 bridgehead atoms. The van der Waals surface area contributed by atoms with Crippen LogP contribution in [0.5, 0.6) is 0 Å². The topological polar surface area (TPSA) is 37.3 Å². The SMILES string of the molecule is C=CC(CCC)C(C)(O)C(C)=O. The second-order valence-corrected chi connectivity index (χ2v) is 3.33. The molecule has 2 atom stereocenters. The molecule has 0 aromatic carbocycles. The Kier molecular flexibility index (Phi) is 4.18. The van der Waals surface area contributed by atoms with Gasteiger partial charge >= 0.3 is 0 Å². The fourth-order valence-corrected chi connectivity index (χ4v) is 1.20. The van der Waals surface area contributed by atoms with Crippen LogP contribution in [0.3, 0.4) is 0 Å². The average molecular weight is 170 g/mol. The summed E-state index contributed by atoms with van der Waals surface area (Å²) in [5, 5.41) is 9.76. The summed E-state index contributed by atoms with van der Waals surface area (Å²) in [5.74, 6) is -0.319. The summed E-state index contributed by atoms with van der Waals surface area (Å²) in [6, 6.07) is 0. The van der Waals surface area contributed by atoms with Gasteiger partial charge in [0.15, 0.2) is 5.78 Å². The van der Waals surface area contributed by atoms with E-state index >= 15 is 0 Å². The lowest BCUT2D eigenvalue weighted by molar-refractivity contribution is -0.137. The fourth-order valence-electron chi connectivity index (χ4n) is 1.20. The second-order valence-electron chi connectivity index (χ2n) is 3.33. The Morgan fingerprint density at radius 3 is 2.50 bits per heavy atom. The van der Waals surface area contributed by atoms with Crippen molar-refractivity contribution in [3.05, 3.63) is 12.7 Å². The Labute approximate surface area is 74.3 Å². The lowest BCUT2D eigenvalue weighted by Crippen LogP contribution is -2.40. The van der Waals surface area contributed by atoms with Gasteiger partial charge in [-0.05, 0) is 20.3 Å². The van der Waals surface area contributed by atoms with Crippen molar-refractivity contribution >= 4 is 5.78 Å². The van der Waals surface area contributed by atoms with E-state index in [0.717, 1.165) is 12.8 Å². The Bertz CT molecular complexity index is 171. The fraction of sp³-hybridized carbons (Fsp3) is 0.700. The number of aliphatic hydroxyl groups is 1. The molecule has 0 aliphatic carbocycles. The minimum Gasteiger partial charge on any atom is -0.382 e. The van der Waals surface area contributed by atoms with Gasteiger partial charge < -0.3 is 5.11 Å². The van der Waals surface area contributed by atoms with Gasteiger partial charge in [0, 0.05) is 5.92 Å². The highest BCUT2D eigenvalue weighted by Crippen LogP contribution is 2.23. The Balaban J connectivity index is 4.46. The van der Waals surface area contributed by atoms with E-state index in [1.54, 1.807) is 13.0 Å². The molecule has 0 heterocycles. The van der Waals surface area contributed by atoms with E-state index in [2.05, 4.69) is 6.58 Å². The molecule has 0 radical (unpaired) electrons. The van der Waals surface area contributed by atoms with Crippen molar-refractivity contribution in [1.29, 1.82) is 0 Å². The predicted octanol–water partition coefficient (Wildman–Crippen LogP) is 1.93. The monoisotopic (exact) mass is 170 g/mol. The van der Waals surface area contributed by atoms with Gasteiger partial charge in [-0.2, -0.15) is 0 Å². The maximum atomic E-state index is 11.0. The number of carbonyl (C=O) groups is 1. The first-order valence-electron chi connectivity index (χ1n) is 4.32. The third-order valence-electron chi connectivity index (χ3n) is 2.32. The molecule has 0 amide bonds. The molecular weight excluding hydrogens is 152 g/mol. The van der Waals surface area contributed by atoms with E-state index in [9.17, 15) is 9.90 Å².